The fraction of sp³-hybridized carbons (Fsp3) is 0.909. The standard InChI is InChI=1S/C11H21NO2/c1-7(2)12-11(13)10-5-8(3)14-9(4)6-10/h7-10H,5-6H2,1-4H3,(H,12,13). The molecular formula is C11H21NO2. The van der Waals surface area contributed by atoms with Crippen LogP contribution >= 0.6 is 0 Å². The van der Waals surface area contributed by atoms with Gasteiger partial charge in [-0.3, -0.25) is 4.79 Å². The molecular weight excluding hydrogens is 178 g/mol. The van der Waals surface area contributed by atoms with Gasteiger partial charge in [0.25, 0.3) is 0 Å². The molecule has 0 aromatic rings. The lowest BCUT2D eigenvalue weighted by molar-refractivity contribution is -0.133. The van der Waals surface area contributed by atoms with Crippen LogP contribution in [0.25, 0.3) is 0 Å². The summed E-state index contributed by atoms with van der Waals surface area (Å²) >= 11 is 0. The van der Waals surface area contributed by atoms with Gasteiger partial charge in [0.05, 0.1) is 12.2 Å². The van der Waals surface area contributed by atoms with Gasteiger partial charge in [-0.2, -0.15) is 0 Å². The van der Waals surface area contributed by atoms with Crippen molar-refractivity contribution in [2.75, 3.05) is 0 Å². The number of carbonyl (C=O) groups excluding carboxylic acids is 1. The van der Waals surface area contributed by atoms with Crippen LogP contribution in [0.15, 0.2) is 0 Å². The zero-order valence-corrected chi connectivity index (χ0v) is 9.54. The third-order valence-electron chi connectivity index (χ3n) is 2.50. The number of carbonyl (C=O) groups is 1. The zero-order chi connectivity index (χ0) is 10.7. The highest BCUT2D eigenvalue weighted by Crippen LogP contribution is 2.24. The number of ether oxygens (including phenoxy) is 1. The van der Waals surface area contributed by atoms with Gasteiger partial charge in [0.1, 0.15) is 0 Å². The lowest BCUT2D eigenvalue weighted by Crippen LogP contribution is -2.41. The third-order valence-corrected chi connectivity index (χ3v) is 2.50. The average molecular weight is 199 g/mol. The van der Waals surface area contributed by atoms with Gasteiger partial charge < -0.3 is 10.1 Å². The Balaban J connectivity index is 2.46. The van der Waals surface area contributed by atoms with Crippen molar-refractivity contribution >= 4 is 5.91 Å². The first-order chi connectivity index (χ1) is 6.49. The van der Waals surface area contributed by atoms with E-state index in [0.717, 1.165) is 12.8 Å². The summed E-state index contributed by atoms with van der Waals surface area (Å²) in [5, 5.41) is 2.96. The normalized spacial score (nSPS) is 33.1. The Bertz CT molecular complexity index is 193. The van der Waals surface area contributed by atoms with Crippen molar-refractivity contribution in [3.05, 3.63) is 0 Å². The van der Waals surface area contributed by atoms with Crippen molar-refractivity contribution in [2.45, 2.75) is 58.8 Å². The minimum absolute atomic E-state index is 0.135. The van der Waals surface area contributed by atoms with Gasteiger partial charge in [-0.1, -0.05) is 0 Å². The van der Waals surface area contributed by atoms with Crippen LogP contribution in [-0.2, 0) is 9.53 Å². The summed E-state index contributed by atoms with van der Waals surface area (Å²) in [5.74, 6) is 0.318. The SMILES string of the molecule is CC(C)NC(=O)C1CC(C)OC(C)C1. The highest BCUT2D eigenvalue weighted by Gasteiger charge is 2.29. The van der Waals surface area contributed by atoms with Gasteiger partial charge in [-0.05, 0) is 40.5 Å². The molecule has 1 aliphatic rings. The number of rotatable bonds is 2. The van der Waals surface area contributed by atoms with Gasteiger partial charge in [0.15, 0.2) is 0 Å². The van der Waals surface area contributed by atoms with Crippen LogP contribution in [0, 0.1) is 5.92 Å². The average Bonchev–Trinajstić information content (AvgIpc) is 2.00. The topological polar surface area (TPSA) is 38.3 Å². The first kappa shape index (κ1) is 11.5. The summed E-state index contributed by atoms with van der Waals surface area (Å²) < 4.78 is 5.59. The Morgan fingerprint density at radius 3 is 2.21 bits per heavy atom. The number of nitrogens with one attached hydrogen (secondary N) is 1. The van der Waals surface area contributed by atoms with Crippen LogP contribution in [0.1, 0.15) is 40.5 Å². The number of amides is 1. The molecule has 0 bridgehead atoms. The van der Waals surface area contributed by atoms with Crippen molar-refractivity contribution in [2.24, 2.45) is 5.92 Å². The molecule has 1 aliphatic heterocycles. The highest BCUT2D eigenvalue weighted by molar-refractivity contribution is 5.79. The molecule has 0 aromatic heterocycles. The smallest absolute Gasteiger partial charge is 0.223 e. The van der Waals surface area contributed by atoms with Crippen molar-refractivity contribution in [1.29, 1.82) is 0 Å². The first-order valence-corrected chi connectivity index (χ1v) is 5.45. The Kier molecular flexibility index (Phi) is 3.93. The molecule has 0 spiro atoms. The summed E-state index contributed by atoms with van der Waals surface area (Å²) in [6, 6.07) is 0.232. The van der Waals surface area contributed by atoms with Crippen LogP contribution < -0.4 is 5.32 Å². The van der Waals surface area contributed by atoms with Crippen molar-refractivity contribution < 1.29 is 9.53 Å². The Hall–Kier alpha value is -0.570. The fourth-order valence-corrected chi connectivity index (χ4v) is 2.02. The largest absolute Gasteiger partial charge is 0.376 e. The molecule has 2 unspecified atom stereocenters. The molecule has 3 nitrogen and oxygen atoms in total. The maximum absolute atomic E-state index is 11.7. The molecule has 0 aliphatic carbocycles. The quantitative estimate of drug-likeness (QED) is 0.735. The van der Waals surface area contributed by atoms with E-state index >= 15 is 0 Å². The Morgan fingerprint density at radius 1 is 1.29 bits per heavy atom. The van der Waals surface area contributed by atoms with Gasteiger partial charge in [-0.15, -0.1) is 0 Å². The second-order valence-electron chi connectivity index (χ2n) is 4.59. The van der Waals surface area contributed by atoms with Gasteiger partial charge >= 0.3 is 0 Å². The molecule has 1 heterocycles. The van der Waals surface area contributed by atoms with E-state index < -0.39 is 0 Å². The van der Waals surface area contributed by atoms with E-state index in [1.165, 1.54) is 0 Å². The van der Waals surface area contributed by atoms with Crippen LogP contribution in [-0.4, -0.2) is 24.2 Å². The van der Waals surface area contributed by atoms with Crippen LogP contribution in [0.3, 0.4) is 0 Å². The lowest BCUT2D eigenvalue weighted by atomic mass is 9.91. The van der Waals surface area contributed by atoms with Gasteiger partial charge in [0, 0.05) is 12.0 Å². The molecule has 1 rings (SSSR count). The number of hydrogen-bond acceptors (Lipinski definition) is 2. The molecule has 82 valence electrons. The predicted molar refractivity (Wildman–Crippen MR) is 56.0 cm³/mol. The predicted octanol–water partition coefficient (Wildman–Crippen LogP) is 1.71. The number of hydrogen-bond donors (Lipinski definition) is 1. The Labute approximate surface area is 86.2 Å². The molecule has 1 fully saturated rings. The molecule has 0 saturated carbocycles. The molecule has 14 heavy (non-hydrogen) atoms. The molecule has 3 heteroatoms. The van der Waals surface area contributed by atoms with E-state index in [2.05, 4.69) is 5.32 Å². The van der Waals surface area contributed by atoms with E-state index in [-0.39, 0.29) is 30.1 Å². The second kappa shape index (κ2) is 4.78. The summed E-state index contributed by atoms with van der Waals surface area (Å²) in [6.45, 7) is 8.05. The Morgan fingerprint density at radius 2 is 1.79 bits per heavy atom. The van der Waals surface area contributed by atoms with Crippen LogP contribution in [0.5, 0.6) is 0 Å². The van der Waals surface area contributed by atoms with Crippen molar-refractivity contribution in [1.82, 2.24) is 5.32 Å². The summed E-state index contributed by atoms with van der Waals surface area (Å²) in [6.07, 6.45) is 2.12. The third kappa shape index (κ3) is 3.29. The van der Waals surface area contributed by atoms with Crippen LogP contribution in [0.2, 0.25) is 0 Å². The van der Waals surface area contributed by atoms with Gasteiger partial charge in [0.2, 0.25) is 5.91 Å². The first-order valence-electron chi connectivity index (χ1n) is 5.45. The van der Waals surface area contributed by atoms with Crippen molar-refractivity contribution in [3.8, 4) is 0 Å². The van der Waals surface area contributed by atoms with E-state index in [1.807, 2.05) is 27.7 Å². The van der Waals surface area contributed by atoms with E-state index in [4.69, 9.17) is 4.74 Å². The summed E-state index contributed by atoms with van der Waals surface area (Å²) in [5.41, 5.74) is 0. The maximum atomic E-state index is 11.7. The van der Waals surface area contributed by atoms with Crippen molar-refractivity contribution in [3.63, 3.8) is 0 Å². The summed E-state index contributed by atoms with van der Waals surface area (Å²) in [4.78, 5) is 11.7. The molecule has 1 amide bonds. The highest BCUT2D eigenvalue weighted by atomic mass is 16.5. The molecule has 1 saturated heterocycles. The van der Waals surface area contributed by atoms with Crippen LogP contribution in [0.4, 0.5) is 0 Å². The van der Waals surface area contributed by atoms with E-state index in [0.29, 0.717) is 0 Å². The fourth-order valence-electron chi connectivity index (χ4n) is 2.02. The van der Waals surface area contributed by atoms with E-state index in [1.54, 1.807) is 0 Å². The zero-order valence-electron chi connectivity index (χ0n) is 9.54. The lowest BCUT2D eigenvalue weighted by Gasteiger charge is -2.31. The summed E-state index contributed by atoms with van der Waals surface area (Å²) in [7, 11) is 0. The molecule has 0 radical (unpaired) electrons. The minimum atomic E-state index is 0.135. The van der Waals surface area contributed by atoms with E-state index in [9.17, 15) is 4.79 Å². The second-order valence-corrected chi connectivity index (χ2v) is 4.59. The molecule has 1 N–H and O–H groups in total. The molecule has 2 atom stereocenters. The van der Waals surface area contributed by atoms with Gasteiger partial charge in [-0.25, -0.2) is 0 Å². The monoisotopic (exact) mass is 199 g/mol. The maximum Gasteiger partial charge on any atom is 0.223 e. The molecule has 0 aromatic carbocycles. The minimum Gasteiger partial charge on any atom is -0.376 e.